The zero-order valence-corrected chi connectivity index (χ0v) is 11.2. The van der Waals surface area contributed by atoms with Gasteiger partial charge in [-0.1, -0.05) is 12.8 Å². The molecule has 2 aliphatic rings. The van der Waals surface area contributed by atoms with Crippen molar-refractivity contribution in [1.82, 2.24) is 4.90 Å². The molecule has 0 heterocycles. The summed E-state index contributed by atoms with van der Waals surface area (Å²) >= 11 is 0. The smallest absolute Gasteiger partial charge is 0.163 e. The fourth-order valence-corrected chi connectivity index (χ4v) is 3.36. The summed E-state index contributed by atoms with van der Waals surface area (Å²) in [6.07, 6.45) is 9.40. The second-order valence-electron chi connectivity index (χ2n) is 5.43. The van der Waals surface area contributed by atoms with Gasteiger partial charge < -0.3 is 4.90 Å². The quantitative estimate of drug-likeness (QED) is 0.699. The molecule has 2 atom stereocenters. The molecule has 96 valence electrons. The van der Waals surface area contributed by atoms with Crippen molar-refractivity contribution in [3.05, 3.63) is 11.8 Å². The Labute approximate surface area is 105 Å². The lowest BCUT2D eigenvalue weighted by Crippen LogP contribution is -2.33. The van der Waals surface area contributed by atoms with Gasteiger partial charge in [0, 0.05) is 30.8 Å². The van der Waals surface area contributed by atoms with Crippen LogP contribution in [0.1, 0.15) is 52.4 Å². The van der Waals surface area contributed by atoms with Crippen LogP contribution >= 0.6 is 0 Å². The highest BCUT2D eigenvalue weighted by molar-refractivity contribution is 5.98. The Bertz CT molecular complexity index is 304. The van der Waals surface area contributed by atoms with Gasteiger partial charge >= 0.3 is 0 Å². The van der Waals surface area contributed by atoms with Crippen LogP contribution in [0.4, 0.5) is 0 Å². The van der Waals surface area contributed by atoms with Gasteiger partial charge in [0.15, 0.2) is 5.78 Å². The lowest BCUT2D eigenvalue weighted by atomic mass is 9.69. The van der Waals surface area contributed by atoms with Gasteiger partial charge in [-0.25, -0.2) is 0 Å². The van der Waals surface area contributed by atoms with Crippen LogP contribution < -0.4 is 0 Å². The average molecular weight is 235 g/mol. The van der Waals surface area contributed by atoms with Crippen LogP contribution in [0.2, 0.25) is 0 Å². The number of rotatable bonds is 3. The number of Topliss-reactive ketones (excluding diaryl/α,β-unsaturated/α-hetero) is 1. The maximum absolute atomic E-state index is 12.4. The second-order valence-corrected chi connectivity index (χ2v) is 5.43. The standard InChI is InChI=1S/C15H25NO/c1-3-16(4-2)11-13-10-9-12-7-5-6-8-14(12)15(13)17/h11-12,14H,3-10H2,1-2H3/b13-11+. The van der Waals surface area contributed by atoms with Crippen molar-refractivity contribution in [1.29, 1.82) is 0 Å². The first-order valence-corrected chi connectivity index (χ1v) is 7.25. The zero-order chi connectivity index (χ0) is 12.3. The number of ketones is 1. The number of allylic oxidation sites excluding steroid dienone is 1. The number of hydrogen-bond donors (Lipinski definition) is 0. The fourth-order valence-electron chi connectivity index (χ4n) is 3.36. The summed E-state index contributed by atoms with van der Waals surface area (Å²) in [7, 11) is 0. The molecule has 2 saturated carbocycles. The first kappa shape index (κ1) is 12.7. The monoisotopic (exact) mass is 235 g/mol. The number of carbonyl (C=O) groups excluding carboxylic acids is 1. The van der Waals surface area contributed by atoms with Crippen LogP contribution in [0.3, 0.4) is 0 Å². The molecule has 0 aliphatic heterocycles. The molecule has 0 aromatic carbocycles. The predicted molar refractivity (Wildman–Crippen MR) is 70.7 cm³/mol. The van der Waals surface area contributed by atoms with Gasteiger partial charge in [-0.05, 0) is 45.4 Å². The van der Waals surface area contributed by atoms with Crippen molar-refractivity contribution in [2.45, 2.75) is 52.4 Å². The van der Waals surface area contributed by atoms with Crippen molar-refractivity contribution >= 4 is 5.78 Å². The molecule has 0 aromatic rings. The minimum Gasteiger partial charge on any atom is -0.378 e. The molecule has 2 unspecified atom stereocenters. The topological polar surface area (TPSA) is 20.3 Å². The molecular formula is C15H25NO. The van der Waals surface area contributed by atoms with E-state index in [2.05, 4.69) is 24.9 Å². The van der Waals surface area contributed by atoms with Crippen LogP contribution in [0, 0.1) is 11.8 Å². The minimum atomic E-state index is 0.360. The first-order valence-electron chi connectivity index (χ1n) is 7.25. The van der Waals surface area contributed by atoms with Crippen molar-refractivity contribution in [3.8, 4) is 0 Å². The third-order valence-corrected chi connectivity index (χ3v) is 4.50. The van der Waals surface area contributed by atoms with E-state index in [-0.39, 0.29) is 0 Å². The number of carbonyl (C=O) groups is 1. The van der Waals surface area contributed by atoms with Crippen LogP contribution in [0.25, 0.3) is 0 Å². The van der Waals surface area contributed by atoms with Crippen molar-refractivity contribution in [2.75, 3.05) is 13.1 Å². The van der Waals surface area contributed by atoms with E-state index in [4.69, 9.17) is 0 Å². The molecule has 2 aliphatic carbocycles. The van der Waals surface area contributed by atoms with E-state index >= 15 is 0 Å². The van der Waals surface area contributed by atoms with Gasteiger partial charge in [-0.15, -0.1) is 0 Å². The summed E-state index contributed by atoms with van der Waals surface area (Å²) < 4.78 is 0. The molecule has 2 nitrogen and oxygen atoms in total. The first-order chi connectivity index (χ1) is 8.26. The lowest BCUT2D eigenvalue weighted by Gasteiger charge is -2.35. The fraction of sp³-hybridized carbons (Fsp3) is 0.800. The van der Waals surface area contributed by atoms with Crippen molar-refractivity contribution < 1.29 is 4.79 Å². The van der Waals surface area contributed by atoms with E-state index in [1.165, 1.54) is 25.7 Å². The maximum Gasteiger partial charge on any atom is 0.163 e. The Morgan fingerprint density at radius 2 is 1.88 bits per heavy atom. The highest BCUT2D eigenvalue weighted by Gasteiger charge is 2.36. The van der Waals surface area contributed by atoms with Gasteiger partial charge in [-0.2, -0.15) is 0 Å². The Kier molecular flexibility index (Phi) is 4.25. The second kappa shape index (κ2) is 5.70. The summed E-state index contributed by atoms with van der Waals surface area (Å²) in [5, 5.41) is 0. The molecule has 0 bridgehead atoms. The molecule has 17 heavy (non-hydrogen) atoms. The van der Waals surface area contributed by atoms with Crippen molar-refractivity contribution in [3.63, 3.8) is 0 Å². The van der Waals surface area contributed by atoms with Gasteiger partial charge in [0.2, 0.25) is 0 Å². The molecule has 0 N–H and O–H groups in total. The minimum absolute atomic E-state index is 0.360. The molecule has 0 saturated heterocycles. The Balaban J connectivity index is 2.08. The summed E-state index contributed by atoms with van der Waals surface area (Å²) in [5.41, 5.74) is 1.09. The number of hydrogen-bond acceptors (Lipinski definition) is 2. The van der Waals surface area contributed by atoms with Crippen LogP contribution in [-0.4, -0.2) is 23.8 Å². The number of nitrogens with zero attached hydrogens (tertiary/aromatic N) is 1. The van der Waals surface area contributed by atoms with Crippen LogP contribution in [0.15, 0.2) is 11.8 Å². The van der Waals surface area contributed by atoms with Gasteiger partial charge in [0.25, 0.3) is 0 Å². The summed E-state index contributed by atoms with van der Waals surface area (Å²) in [4.78, 5) is 14.7. The Morgan fingerprint density at radius 1 is 1.18 bits per heavy atom. The zero-order valence-electron chi connectivity index (χ0n) is 11.2. The molecule has 2 fully saturated rings. The van der Waals surface area contributed by atoms with Crippen molar-refractivity contribution in [2.24, 2.45) is 11.8 Å². The van der Waals surface area contributed by atoms with E-state index in [1.54, 1.807) is 0 Å². The maximum atomic E-state index is 12.4. The highest BCUT2D eigenvalue weighted by atomic mass is 16.1. The molecule has 0 spiro atoms. The summed E-state index contributed by atoms with van der Waals surface area (Å²) in [6.45, 7) is 6.30. The van der Waals surface area contributed by atoms with E-state index in [0.29, 0.717) is 17.6 Å². The van der Waals surface area contributed by atoms with Crippen LogP contribution in [0.5, 0.6) is 0 Å². The third kappa shape index (κ3) is 2.72. The molecule has 2 heteroatoms. The van der Waals surface area contributed by atoms with E-state index in [1.807, 2.05) is 0 Å². The average Bonchev–Trinajstić information content (AvgIpc) is 2.38. The molecule has 0 radical (unpaired) electrons. The van der Waals surface area contributed by atoms with Gasteiger partial charge in [-0.3, -0.25) is 4.79 Å². The normalized spacial score (nSPS) is 31.4. The third-order valence-electron chi connectivity index (χ3n) is 4.50. The molecule has 0 aromatic heterocycles. The highest BCUT2D eigenvalue weighted by Crippen LogP contribution is 2.40. The Hall–Kier alpha value is -0.790. The van der Waals surface area contributed by atoms with Gasteiger partial charge in [0.1, 0.15) is 0 Å². The van der Waals surface area contributed by atoms with Gasteiger partial charge in [0.05, 0.1) is 0 Å². The number of fused-ring (bicyclic) bond motifs is 1. The predicted octanol–water partition coefficient (Wildman–Crippen LogP) is 3.38. The molecular weight excluding hydrogens is 210 g/mol. The largest absolute Gasteiger partial charge is 0.378 e. The Morgan fingerprint density at radius 3 is 2.59 bits per heavy atom. The van der Waals surface area contributed by atoms with Crippen LogP contribution in [-0.2, 0) is 4.79 Å². The van der Waals surface area contributed by atoms with E-state index < -0.39 is 0 Å². The van der Waals surface area contributed by atoms with E-state index in [0.717, 1.165) is 31.5 Å². The lowest BCUT2D eigenvalue weighted by molar-refractivity contribution is -0.123. The molecule has 0 amide bonds. The summed E-state index contributed by atoms with van der Waals surface area (Å²) in [6, 6.07) is 0. The summed E-state index contributed by atoms with van der Waals surface area (Å²) in [5.74, 6) is 1.53. The SMILES string of the molecule is CCN(/C=C1\CCC2CCCCC2C1=O)CC. The molecule has 2 rings (SSSR count). The van der Waals surface area contributed by atoms with E-state index in [9.17, 15) is 4.79 Å².